The van der Waals surface area contributed by atoms with E-state index >= 15 is 0 Å². The molecule has 0 spiro atoms. The molecule has 3 nitrogen and oxygen atoms in total. The van der Waals surface area contributed by atoms with E-state index in [4.69, 9.17) is 11.6 Å². The van der Waals surface area contributed by atoms with Crippen LogP contribution in [-0.4, -0.2) is 23.7 Å². The van der Waals surface area contributed by atoms with Crippen molar-refractivity contribution in [3.05, 3.63) is 33.3 Å². The molecule has 0 radical (unpaired) electrons. The fourth-order valence-corrected chi connectivity index (χ4v) is 3.40. The monoisotopic (exact) mass is 345 g/mol. The van der Waals surface area contributed by atoms with E-state index in [1.807, 2.05) is 0 Å². The molecule has 0 aliphatic heterocycles. The summed E-state index contributed by atoms with van der Waals surface area (Å²) < 4.78 is 0.689. The molecule has 0 heterocycles. The number of hydrogen-bond donors (Lipinski definition) is 2. The lowest BCUT2D eigenvalue weighted by Gasteiger charge is -2.31. The molecule has 2 N–H and O–H groups in total. The van der Waals surface area contributed by atoms with Crippen molar-refractivity contribution in [1.82, 2.24) is 5.32 Å². The molecular formula is C14H17BrClNO2. The van der Waals surface area contributed by atoms with Crippen LogP contribution in [0.25, 0.3) is 0 Å². The smallest absolute Gasteiger partial charge is 0.252 e. The quantitative estimate of drug-likeness (QED) is 0.881. The maximum Gasteiger partial charge on any atom is 0.252 e. The minimum absolute atomic E-state index is 0.0637. The van der Waals surface area contributed by atoms with Gasteiger partial charge in [-0.1, -0.05) is 24.4 Å². The number of benzene rings is 1. The summed E-state index contributed by atoms with van der Waals surface area (Å²) in [4.78, 5) is 12.2. The standard InChI is InChI=1S/C14H17BrClNO2/c15-12-7-10(16)5-6-11(12)14(19)17-13-4-2-1-3-9(13)8-18/h5-7,9,13,18H,1-4,8H2,(H,17,19). The lowest BCUT2D eigenvalue weighted by Crippen LogP contribution is -2.43. The van der Waals surface area contributed by atoms with Crippen molar-refractivity contribution in [2.24, 2.45) is 5.92 Å². The number of rotatable bonds is 3. The second-order valence-corrected chi connectivity index (χ2v) is 6.22. The highest BCUT2D eigenvalue weighted by Crippen LogP contribution is 2.26. The third kappa shape index (κ3) is 3.71. The van der Waals surface area contributed by atoms with E-state index in [-0.39, 0.29) is 24.5 Å². The number of aliphatic hydroxyl groups is 1. The minimum atomic E-state index is -0.117. The first kappa shape index (κ1) is 14.8. The lowest BCUT2D eigenvalue weighted by atomic mass is 9.85. The second kappa shape index (κ2) is 6.73. The van der Waals surface area contributed by atoms with Crippen LogP contribution in [0.4, 0.5) is 0 Å². The van der Waals surface area contributed by atoms with E-state index in [2.05, 4.69) is 21.2 Å². The van der Waals surface area contributed by atoms with Crippen LogP contribution in [0.1, 0.15) is 36.0 Å². The van der Waals surface area contributed by atoms with Crippen LogP contribution >= 0.6 is 27.5 Å². The van der Waals surface area contributed by atoms with E-state index in [1.165, 1.54) is 0 Å². The van der Waals surface area contributed by atoms with Crippen molar-refractivity contribution >= 4 is 33.4 Å². The summed E-state index contributed by atoms with van der Waals surface area (Å²) in [5.41, 5.74) is 0.576. The van der Waals surface area contributed by atoms with Gasteiger partial charge in [0.15, 0.2) is 0 Å². The third-order valence-electron chi connectivity index (χ3n) is 3.64. The highest BCUT2D eigenvalue weighted by molar-refractivity contribution is 9.10. The van der Waals surface area contributed by atoms with E-state index in [0.29, 0.717) is 15.1 Å². The largest absolute Gasteiger partial charge is 0.396 e. The van der Waals surface area contributed by atoms with E-state index < -0.39 is 0 Å². The van der Waals surface area contributed by atoms with Crippen molar-refractivity contribution in [1.29, 1.82) is 0 Å². The molecule has 1 aromatic rings. The second-order valence-electron chi connectivity index (χ2n) is 4.93. The van der Waals surface area contributed by atoms with Crippen molar-refractivity contribution in [3.8, 4) is 0 Å². The van der Waals surface area contributed by atoms with E-state index in [9.17, 15) is 9.90 Å². The zero-order valence-corrected chi connectivity index (χ0v) is 12.9. The average Bonchev–Trinajstić information content (AvgIpc) is 2.39. The Morgan fingerprint density at radius 1 is 1.42 bits per heavy atom. The van der Waals surface area contributed by atoms with Gasteiger partial charge in [0.05, 0.1) is 5.56 Å². The summed E-state index contributed by atoms with van der Waals surface area (Å²) in [6.07, 6.45) is 4.14. The molecule has 2 atom stereocenters. The van der Waals surface area contributed by atoms with Gasteiger partial charge in [0.25, 0.3) is 5.91 Å². The van der Waals surface area contributed by atoms with Crippen LogP contribution in [0.2, 0.25) is 5.02 Å². The molecule has 1 fully saturated rings. The first-order valence-corrected chi connectivity index (χ1v) is 7.65. The molecule has 104 valence electrons. The van der Waals surface area contributed by atoms with Crippen molar-refractivity contribution < 1.29 is 9.90 Å². The van der Waals surface area contributed by atoms with Crippen LogP contribution in [0.5, 0.6) is 0 Å². The summed E-state index contributed by atoms with van der Waals surface area (Å²) >= 11 is 9.21. The maximum atomic E-state index is 12.2. The normalized spacial score (nSPS) is 23.1. The predicted molar refractivity (Wildman–Crippen MR) is 79.5 cm³/mol. The fraction of sp³-hybridized carbons (Fsp3) is 0.500. The zero-order chi connectivity index (χ0) is 13.8. The topological polar surface area (TPSA) is 49.3 Å². The Morgan fingerprint density at radius 2 is 2.16 bits per heavy atom. The van der Waals surface area contributed by atoms with E-state index in [0.717, 1.165) is 25.7 Å². The van der Waals surface area contributed by atoms with Gasteiger partial charge in [-0.15, -0.1) is 0 Å². The summed E-state index contributed by atoms with van der Waals surface area (Å²) in [5, 5.41) is 13.0. The number of halogens is 2. The van der Waals surface area contributed by atoms with Crippen LogP contribution in [0.15, 0.2) is 22.7 Å². The Morgan fingerprint density at radius 3 is 2.84 bits per heavy atom. The van der Waals surface area contributed by atoms with Gasteiger partial charge >= 0.3 is 0 Å². The zero-order valence-electron chi connectivity index (χ0n) is 10.5. The molecule has 1 aliphatic rings. The fourth-order valence-electron chi connectivity index (χ4n) is 2.54. The number of nitrogens with one attached hydrogen (secondary N) is 1. The summed E-state index contributed by atoms with van der Waals surface area (Å²) in [5.74, 6) is 0.0534. The van der Waals surface area contributed by atoms with Gasteiger partial charge in [-0.2, -0.15) is 0 Å². The van der Waals surface area contributed by atoms with Crippen LogP contribution < -0.4 is 5.32 Å². The molecule has 1 saturated carbocycles. The maximum absolute atomic E-state index is 12.2. The molecular weight excluding hydrogens is 330 g/mol. The minimum Gasteiger partial charge on any atom is -0.396 e. The van der Waals surface area contributed by atoms with Gasteiger partial charge in [-0.3, -0.25) is 4.79 Å². The Balaban J connectivity index is 2.07. The number of carbonyl (C=O) groups excluding carboxylic acids is 1. The Kier molecular flexibility index (Phi) is 5.25. The molecule has 1 aromatic carbocycles. The molecule has 2 rings (SSSR count). The summed E-state index contributed by atoms with van der Waals surface area (Å²) in [6.45, 7) is 0.132. The molecule has 0 saturated heterocycles. The molecule has 0 bridgehead atoms. The Labute approximate surface area is 126 Å². The third-order valence-corrected chi connectivity index (χ3v) is 4.53. The SMILES string of the molecule is O=C(NC1CCCCC1CO)c1ccc(Cl)cc1Br. The molecule has 1 amide bonds. The van der Waals surface area contributed by atoms with Crippen LogP contribution in [-0.2, 0) is 0 Å². The molecule has 0 aromatic heterocycles. The average molecular weight is 347 g/mol. The van der Waals surface area contributed by atoms with Gasteiger partial charge in [-0.05, 0) is 47.0 Å². The van der Waals surface area contributed by atoms with Crippen LogP contribution in [0.3, 0.4) is 0 Å². The number of carbonyl (C=O) groups is 1. The summed E-state index contributed by atoms with van der Waals surface area (Å²) in [6, 6.07) is 5.18. The lowest BCUT2D eigenvalue weighted by molar-refractivity contribution is 0.0872. The Hall–Kier alpha value is -0.580. The Bertz CT molecular complexity index is 467. The first-order valence-electron chi connectivity index (χ1n) is 6.48. The van der Waals surface area contributed by atoms with Gasteiger partial charge in [-0.25, -0.2) is 0 Å². The molecule has 1 aliphatic carbocycles. The molecule has 2 unspecified atom stereocenters. The number of aliphatic hydroxyl groups excluding tert-OH is 1. The van der Waals surface area contributed by atoms with Gasteiger partial charge in [0, 0.05) is 28.1 Å². The van der Waals surface area contributed by atoms with Crippen molar-refractivity contribution in [3.63, 3.8) is 0 Å². The van der Waals surface area contributed by atoms with Gasteiger partial charge in [0.2, 0.25) is 0 Å². The first-order chi connectivity index (χ1) is 9.11. The summed E-state index contributed by atoms with van der Waals surface area (Å²) in [7, 11) is 0. The van der Waals surface area contributed by atoms with Crippen molar-refractivity contribution in [2.75, 3.05) is 6.61 Å². The highest BCUT2D eigenvalue weighted by atomic mass is 79.9. The predicted octanol–water partition coefficient (Wildman–Crippen LogP) is 3.38. The van der Waals surface area contributed by atoms with Gasteiger partial charge < -0.3 is 10.4 Å². The van der Waals surface area contributed by atoms with E-state index in [1.54, 1.807) is 18.2 Å². The van der Waals surface area contributed by atoms with Crippen molar-refractivity contribution in [2.45, 2.75) is 31.7 Å². The van der Waals surface area contributed by atoms with Crippen LogP contribution in [0, 0.1) is 5.92 Å². The highest BCUT2D eigenvalue weighted by Gasteiger charge is 2.26. The number of amides is 1. The molecule has 5 heteroatoms. The van der Waals surface area contributed by atoms with Gasteiger partial charge in [0.1, 0.15) is 0 Å². The molecule has 19 heavy (non-hydrogen) atoms. The number of hydrogen-bond acceptors (Lipinski definition) is 2.